The molecule has 162 valence electrons. The predicted octanol–water partition coefficient (Wildman–Crippen LogP) is 2.09. The van der Waals surface area contributed by atoms with Gasteiger partial charge in [0.05, 0.1) is 0 Å². The van der Waals surface area contributed by atoms with E-state index in [1.807, 2.05) is 32.9 Å². The first kappa shape index (κ1) is 21.8. The van der Waals surface area contributed by atoms with Crippen molar-refractivity contribution < 1.29 is 23.9 Å². The Balaban J connectivity index is 1.60. The molecule has 2 aliphatic heterocycles. The number of piperidine rings is 1. The van der Waals surface area contributed by atoms with Crippen molar-refractivity contribution in [2.45, 2.75) is 64.6 Å². The fourth-order valence-corrected chi connectivity index (χ4v) is 4.23. The summed E-state index contributed by atoms with van der Waals surface area (Å²) in [4.78, 5) is 52.6. The lowest BCUT2D eigenvalue weighted by atomic mass is 9.91. The second kappa shape index (κ2) is 8.45. The highest BCUT2D eigenvalue weighted by atomic mass is 16.5. The van der Waals surface area contributed by atoms with Gasteiger partial charge >= 0.3 is 12.0 Å². The van der Waals surface area contributed by atoms with Crippen LogP contribution in [0.25, 0.3) is 0 Å². The van der Waals surface area contributed by atoms with E-state index in [0.717, 1.165) is 29.7 Å². The molecule has 2 aliphatic rings. The molecular formula is C22H29N3O5. The summed E-state index contributed by atoms with van der Waals surface area (Å²) >= 11 is 0. The molecule has 0 bridgehead atoms. The molecular weight excluding hydrogens is 386 g/mol. The molecule has 1 aromatic rings. The van der Waals surface area contributed by atoms with Crippen LogP contribution >= 0.6 is 0 Å². The highest BCUT2D eigenvalue weighted by Crippen LogP contribution is 2.29. The number of hydrogen-bond acceptors (Lipinski definition) is 5. The van der Waals surface area contributed by atoms with Crippen molar-refractivity contribution in [3.8, 4) is 0 Å². The van der Waals surface area contributed by atoms with Crippen LogP contribution < -0.4 is 5.32 Å². The number of rotatable bonds is 5. The van der Waals surface area contributed by atoms with E-state index in [-0.39, 0.29) is 18.0 Å². The van der Waals surface area contributed by atoms with Crippen LogP contribution in [0.4, 0.5) is 4.79 Å². The largest absolute Gasteiger partial charge is 0.454 e. The van der Waals surface area contributed by atoms with Crippen molar-refractivity contribution in [1.82, 2.24) is 15.1 Å². The molecule has 0 spiro atoms. The predicted molar refractivity (Wildman–Crippen MR) is 109 cm³/mol. The second-order valence-corrected chi connectivity index (χ2v) is 8.40. The van der Waals surface area contributed by atoms with Crippen LogP contribution in [-0.4, -0.2) is 58.8 Å². The molecule has 1 N–H and O–H groups in total. The normalized spacial score (nSPS) is 26.5. The van der Waals surface area contributed by atoms with Crippen molar-refractivity contribution >= 4 is 23.8 Å². The number of amides is 4. The van der Waals surface area contributed by atoms with Gasteiger partial charge in [0.1, 0.15) is 12.1 Å². The van der Waals surface area contributed by atoms with Gasteiger partial charge in [-0.05, 0) is 52.5 Å². The molecule has 2 heterocycles. The van der Waals surface area contributed by atoms with Gasteiger partial charge in [-0.25, -0.2) is 4.79 Å². The molecule has 1 aromatic carbocycles. The average Bonchev–Trinajstić information content (AvgIpc) is 2.90. The van der Waals surface area contributed by atoms with Crippen molar-refractivity contribution in [3.63, 3.8) is 0 Å². The average molecular weight is 415 g/mol. The molecule has 3 rings (SSSR count). The summed E-state index contributed by atoms with van der Waals surface area (Å²) in [6.07, 6.45) is 2.91. The number of carbonyl (C=O) groups is 4. The fourth-order valence-electron chi connectivity index (χ4n) is 4.23. The zero-order valence-corrected chi connectivity index (χ0v) is 17.9. The van der Waals surface area contributed by atoms with Gasteiger partial charge in [-0.15, -0.1) is 0 Å². The van der Waals surface area contributed by atoms with Crippen LogP contribution in [0.3, 0.4) is 0 Å². The van der Waals surface area contributed by atoms with E-state index in [2.05, 4.69) is 5.32 Å². The summed E-state index contributed by atoms with van der Waals surface area (Å²) < 4.78 is 5.10. The third-order valence-corrected chi connectivity index (χ3v) is 6.03. The van der Waals surface area contributed by atoms with E-state index in [0.29, 0.717) is 5.56 Å². The number of likely N-dealkylation sites (tertiary alicyclic amines) is 1. The minimum absolute atomic E-state index is 0.0982. The summed E-state index contributed by atoms with van der Waals surface area (Å²) in [5, 5.41) is 2.65. The number of nitrogens with zero attached hydrogens (tertiary/aromatic N) is 2. The van der Waals surface area contributed by atoms with Gasteiger partial charge in [0.2, 0.25) is 0 Å². The molecule has 30 heavy (non-hydrogen) atoms. The third-order valence-electron chi connectivity index (χ3n) is 6.03. The summed E-state index contributed by atoms with van der Waals surface area (Å²) in [6.45, 7) is 6.56. The highest BCUT2D eigenvalue weighted by molar-refractivity contribution is 6.08. The molecule has 3 atom stereocenters. The Morgan fingerprint density at radius 3 is 2.33 bits per heavy atom. The number of urea groups is 1. The number of aryl methyl sites for hydroxylation is 1. The van der Waals surface area contributed by atoms with Gasteiger partial charge < -0.3 is 15.0 Å². The van der Waals surface area contributed by atoms with Crippen LogP contribution in [0.2, 0.25) is 0 Å². The molecule has 4 amide bonds. The Kier molecular flexibility index (Phi) is 6.14. The van der Waals surface area contributed by atoms with E-state index in [9.17, 15) is 19.2 Å². The quantitative estimate of drug-likeness (QED) is 0.587. The lowest BCUT2D eigenvalue weighted by Gasteiger charge is -2.38. The molecule has 8 nitrogen and oxygen atoms in total. The van der Waals surface area contributed by atoms with Gasteiger partial charge in [0, 0.05) is 12.1 Å². The van der Waals surface area contributed by atoms with Gasteiger partial charge in [-0.2, -0.15) is 0 Å². The monoisotopic (exact) mass is 415 g/mol. The van der Waals surface area contributed by atoms with Crippen molar-refractivity contribution in [1.29, 1.82) is 0 Å². The number of nitrogens with one attached hydrogen (secondary N) is 1. The molecule has 0 aromatic heterocycles. The molecule has 2 saturated heterocycles. The van der Waals surface area contributed by atoms with Crippen molar-refractivity contribution in [2.24, 2.45) is 0 Å². The molecule has 0 radical (unpaired) electrons. The van der Waals surface area contributed by atoms with Crippen LogP contribution in [0.5, 0.6) is 0 Å². The van der Waals surface area contributed by atoms with Crippen LogP contribution in [-0.2, 0) is 24.7 Å². The molecule has 0 unspecified atom stereocenters. The third kappa shape index (κ3) is 4.17. The Morgan fingerprint density at radius 1 is 1.13 bits per heavy atom. The smallest absolute Gasteiger partial charge is 0.326 e. The Bertz CT molecular complexity index is 843. The van der Waals surface area contributed by atoms with E-state index in [4.69, 9.17) is 4.74 Å². The first-order chi connectivity index (χ1) is 14.1. The van der Waals surface area contributed by atoms with E-state index >= 15 is 0 Å². The Hall–Kier alpha value is -2.90. The standard InChI is InChI=1S/C22H29N3O5/c1-14-8-10-17(11-9-14)22(4)20(28)24(21(29)23-22)12-19(27)30-13-18(26)25-15(2)6-5-7-16(25)3/h8-11,15-16H,5-7,12-13H2,1-4H3,(H,23,29)/t15-,16-,22-/m0/s1. The number of imide groups is 1. The van der Waals surface area contributed by atoms with Gasteiger partial charge in [0.25, 0.3) is 11.8 Å². The number of ether oxygens (including phenoxy) is 1. The van der Waals surface area contributed by atoms with Gasteiger partial charge in [-0.1, -0.05) is 29.8 Å². The first-order valence-corrected chi connectivity index (χ1v) is 10.3. The summed E-state index contributed by atoms with van der Waals surface area (Å²) in [5.74, 6) is -1.58. The zero-order chi connectivity index (χ0) is 22.1. The summed E-state index contributed by atoms with van der Waals surface area (Å²) in [6, 6.07) is 6.78. The number of esters is 1. The maximum Gasteiger partial charge on any atom is 0.326 e. The van der Waals surface area contributed by atoms with Gasteiger partial charge in [0.15, 0.2) is 6.61 Å². The Morgan fingerprint density at radius 2 is 1.73 bits per heavy atom. The van der Waals surface area contributed by atoms with Gasteiger partial charge in [-0.3, -0.25) is 19.3 Å². The van der Waals surface area contributed by atoms with E-state index < -0.39 is 36.6 Å². The molecule has 2 fully saturated rings. The van der Waals surface area contributed by atoms with E-state index in [1.54, 1.807) is 24.0 Å². The van der Waals surface area contributed by atoms with Crippen molar-refractivity contribution in [3.05, 3.63) is 35.4 Å². The summed E-state index contributed by atoms with van der Waals surface area (Å²) in [7, 11) is 0. The number of hydrogen-bond donors (Lipinski definition) is 1. The topological polar surface area (TPSA) is 96.0 Å². The molecule has 8 heteroatoms. The fraction of sp³-hybridized carbons (Fsp3) is 0.545. The number of benzene rings is 1. The van der Waals surface area contributed by atoms with Crippen LogP contribution in [0.1, 0.15) is 51.2 Å². The minimum Gasteiger partial charge on any atom is -0.454 e. The second-order valence-electron chi connectivity index (χ2n) is 8.40. The lowest BCUT2D eigenvalue weighted by molar-refractivity contribution is -0.156. The summed E-state index contributed by atoms with van der Waals surface area (Å²) in [5.41, 5.74) is 0.409. The molecule has 0 aliphatic carbocycles. The zero-order valence-electron chi connectivity index (χ0n) is 17.9. The lowest BCUT2D eigenvalue weighted by Crippen LogP contribution is -2.49. The first-order valence-electron chi connectivity index (χ1n) is 10.3. The van der Waals surface area contributed by atoms with Crippen LogP contribution in [0, 0.1) is 6.92 Å². The maximum atomic E-state index is 12.9. The SMILES string of the molecule is Cc1ccc([C@]2(C)NC(=O)N(CC(=O)OCC(=O)N3[C@@H](C)CCC[C@@H]3C)C2=O)cc1. The van der Waals surface area contributed by atoms with Crippen molar-refractivity contribution in [2.75, 3.05) is 13.2 Å². The number of carbonyl (C=O) groups excluding carboxylic acids is 4. The van der Waals surface area contributed by atoms with Crippen LogP contribution in [0.15, 0.2) is 24.3 Å². The highest BCUT2D eigenvalue weighted by Gasteiger charge is 2.49. The maximum absolute atomic E-state index is 12.9. The Labute approximate surface area is 176 Å². The molecule has 0 saturated carbocycles. The van der Waals surface area contributed by atoms with E-state index in [1.165, 1.54) is 0 Å². The minimum atomic E-state index is -1.25.